The molecule has 1 aliphatic rings. The Bertz CT molecular complexity index is 405. The Balaban J connectivity index is 2.28. The number of benzene rings is 1. The highest BCUT2D eigenvalue weighted by molar-refractivity contribution is 6.33. The summed E-state index contributed by atoms with van der Waals surface area (Å²) in [6, 6.07) is 6.40. The van der Waals surface area contributed by atoms with Crippen LogP contribution < -0.4 is 4.90 Å². The molecular weight excluding hydrogens is 234 g/mol. The highest BCUT2D eigenvalue weighted by atomic mass is 35.5. The van der Waals surface area contributed by atoms with Gasteiger partial charge in [-0.25, -0.2) is 0 Å². The predicted octanol–water partition coefficient (Wildman–Crippen LogP) is 3.63. The molecule has 0 radical (unpaired) electrons. The normalized spacial score (nSPS) is 26.3. The van der Waals surface area contributed by atoms with Crippen molar-refractivity contribution in [1.29, 1.82) is 0 Å². The highest BCUT2D eigenvalue weighted by Crippen LogP contribution is 2.35. The summed E-state index contributed by atoms with van der Waals surface area (Å²) in [6.07, 6.45) is 0.755. The van der Waals surface area contributed by atoms with Crippen LogP contribution in [0.5, 0.6) is 0 Å². The van der Waals surface area contributed by atoms with E-state index in [1.807, 2.05) is 18.2 Å². The molecule has 3 atom stereocenters. The fourth-order valence-electron chi connectivity index (χ4n) is 2.65. The van der Waals surface area contributed by atoms with Crippen LogP contribution in [-0.4, -0.2) is 17.7 Å². The summed E-state index contributed by atoms with van der Waals surface area (Å²) < 4.78 is 0. The minimum absolute atomic E-state index is 0.462. The molecule has 0 bridgehead atoms. The first-order valence-electron chi connectivity index (χ1n) is 6.23. The maximum atomic E-state index is 9.53. The third kappa shape index (κ3) is 2.58. The molecule has 0 saturated carbocycles. The fourth-order valence-corrected chi connectivity index (χ4v) is 2.95. The van der Waals surface area contributed by atoms with Crippen molar-refractivity contribution in [3.63, 3.8) is 0 Å². The lowest BCUT2D eigenvalue weighted by molar-refractivity contribution is 0.199. The lowest BCUT2D eigenvalue weighted by atomic mass is 10.1. The quantitative estimate of drug-likeness (QED) is 0.870. The van der Waals surface area contributed by atoms with Gasteiger partial charge in [-0.2, -0.15) is 0 Å². The van der Waals surface area contributed by atoms with E-state index in [1.54, 1.807) is 6.92 Å². The number of halogens is 1. The fraction of sp³-hybridized carbons (Fsp3) is 0.571. The summed E-state index contributed by atoms with van der Waals surface area (Å²) >= 11 is 6.31. The van der Waals surface area contributed by atoms with Crippen LogP contribution in [0.2, 0.25) is 5.02 Å². The summed E-state index contributed by atoms with van der Waals surface area (Å²) in [5.41, 5.74) is 1.96. The SMILES string of the molecule is CC1CC(C)N(c2ccc([C@H](C)O)cc2Cl)C1. The van der Waals surface area contributed by atoms with Crippen LogP contribution in [0.1, 0.15) is 38.9 Å². The van der Waals surface area contributed by atoms with Gasteiger partial charge in [-0.05, 0) is 43.9 Å². The van der Waals surface area contributed by atoms with E-state index in [1.165, 1.54) is 6.42 Å². The van der Waals surface area contributed by atoms with Crippen LogP contribution in [0.3, 0.4) is 0 Å². The van der Waals surface area contributed by atoms with Gasteiger partial charge < -0.3 is 10.0 Å². The molecule has 94 valence electrons. The lowest BCUT2D eigenvalue weighted by Crippen LogP contribution is -2.26. The molecule has 2 rings (SSSR count). The molecule has 0 aromatic heterocycles. The molecule has 1 aromatic carbocycles. The molecule has 3 heteroatoms. The van der Waals surface area contributed by atoms with E-state index >= 15 is 0 Å². The zero-order valence-electron chi connectivity index (χ0n) is 10.7. The Labute approximate surface area is 108 Å². The van der Waals surface area contributed by atoms with Crippen LogP contribution >= 0.6 is 11.6 Å². The van der Waals surface area contributed by atoms with Crippen molar-refractivity contribution in [3.8, 4) is 0 Å². The number of rotatable bonds is 2. The second kappa shape index (κ2) is 4.87. The van der Waals surface area contributed by atoms with Gasteiger partial charge in [0.2, 0.25) is 0 Å². The number of anilines is 1. The molecule has 1 fully saturated rings. The third-order valence-electron chi connectivity index (χ3n) is 3.55. The highest BCUT2D eigenvalue weighted by Gasteiger charge is 2.27. The number of aliphatic hydroxyl groups is 1. The smallest absolute Gasteiger partial charge is 0.0762 e. The average Bonchev–Trinajstić information content (AvgIpc) is 2.57. The number of hydrogen-bond donors (Lipinski definition) is 1. The van der Waals surface area contributed by atoms with Gasteiger partial charge in [0.15, 0.2) is 0 Å². The summed E-state index contributed by atoms with van der Waals surface area (Å²) in [7, 11) is 0. The van der Waals surface area contributed by atoms with Gasteiger partial charge in [-0.1, -0.05) is 24.6 Å². The second-order valence-electron chi connectivity index (χ2n) is 5.23. The monoisotopic (exact) mass is 253 g/mol. The Morgan fingerprint density at radius 1 is 1.41 bits per heavy atom. The summed E-state index contributed by atoms with van der Waals surface area (Å²) in [5.74, 6) is 0.720. The van der Waals surface area contributed by atoms with Gasteiger partial charge in [0.1, 0.15) is 0 Å². The minimum Gasteiger partial charge on any atom is -0.389 e. The van der Waals surface area contributed by atoms with Crippen LogP contribution in [0.4, 0.5) is 5.69 Å². The van der Waals surface area contributed by atoms with E-state index in [2.05, 4.69) is 18.7 Å². The van der Waals surface area contributed by atoms with Gasteiger partial charge in [0.05, 0.1) is 16.8 Å². The van der Waals surface area contributed by atoms with Crippen LogP contribution in [-0.2, 0) is 0 Å². The zero-order chi connectivity index (χ0) is 12.6. The van der Waals surface area contributed by atoms with Gasteiger partial charge >= 0.3 is 0 Å². The molecule has 0 spiro atoms. The third-order valence-corrected chi connectivity index (χ3v) is 3.85. The van der Waals surface area contributed by atoms with Gasteiger partial charge in [0, 0.05) is 12.6 Å². The van der Waals surface area contributed by atoms with E-state index in [-0.39, 0.29) is 0 Å². The van der Waals surface area contributed by atoms with E-state index in [0.29, 0.717) is 6.04 Å². The predicted molar refractivity (Wildman–Crippen MR) is 72.7 cm³/mol. The summed E-state index contributed by atoms with van der Waals surface area (Å²) in [4.78, 5) is 2.36. The molecule has 2 nitrogen and oxygen atoms in total. The summed E-state index contributed by atoms with van der Waals surface area (Å²) in [5, 5.41) is 10.3. The van der Waals surface area contributed by atoms with Crippen molar-refractivity contribution in [2.45, 2.75) is 39.3 Å². The van der Waals surface area contributed by atoms with Gasteiger partial charge in [-0.3, -0.25) is 0 Å². The maximum Gasteiger partial charge on any atom is 0.0762 e. The number of aliphatic hydroxyl groups excluding tert-OH is 1. The largest absolute Gasteiger partial charge is 0.389 e. The molecule has 17 heavy (non-hydrogen) atoms. The van der Waals surface area contributed by atoms with Crippen molar-refractivity contribution < 1.29 is 5.11 Å². The molecule has 1 saturated heterocycles. The molecule has 1 aliphatic heterocycles. The average molecular weight is 254 g/mol. The van der Waals surface area contributed by atoms with Crippen LogP contribution in [0.25, 0.3) is 0 Å². The number of nitrogens with zero attached hydrogens (tertiary/aromatic N) is 1. The van der Waals surface area contributed by atoms with Crippen molar-refractivity contribution in [3.05, 3.63) is 28.8 Å². The van der Waals surface area contributed by atoms with E-state index in [9.17, 15) is 5.11 Å². The zero-order valence-corrected chi connectivity index (χ0v) is 11.4. The van der Waals surface area contributed by atoms with Crippen LogP contribution in [0, 0.1) is 5.92 Å². The summed E-state index contributed by atoms with van der Waals surface area (Å²) in [6.45, 7) is 7.33. The Hall–Kier alpha value is -0.730. The second-order valence-corrected chi connectivity index (χ2v) is 5.64. The Kier molecular flexibility index (Phi) is 3.64. The Morgan fingerprint density at radius 2 is 2.12 bits per heavy atom. The molecule has 1 N–H and O–H groups in total. The molecule has 0 amide bonds. The van der Waals surface area contributed by atoms with E-state index < -0.39 is 6.10 Å². The number of hydrogen-bond acceptors (Lipinski definition) is 2. The van der Waals surface area contributed by atoms with Crippen molar-refractivity contribution in [1.82, 2.24) is 0 Å². The molecule has 1 aromatic rings. The standard InChI is InChI=1S/C14H20ClNO/c1-9-6-10(2)16(8-9)14-5-4-12(11(3)17)7-13(14)15/h4-5,7,9-11,17H,6,8H2,1-3H3/t9?,10?,11-/m0/s1. The van der Waals surface area contributed by atoms with E-state index in [0.717, 1.165) is 28.7 Å². The molecule has 1 heterocycles. The topological polar surface area (TPSA) is 23.5 Å². The van der Waals surface area contributed by atoms with E-state index in [4.69, 9.17) is 11.6 Å². The maximum absolute atomic E-state index is 9.53. The van der Waals surface area contributed by atoms with Crippen molar-refractivity contribution in [2.24, 2.45) is 5.92 Å². The molecular formula is C14H20ClNO. The first-order chi connectivity index (χ1) is 7.99. The molecule has 2 unspecified atom stereocenters. The minimum atomic E-state index is -0.462. The first kappa shape index (κ1) is 12.7. The first-order valence-corrected chi connectivity index (χ1v) is 6.61. The Morgan fingerprint density at radius 3 is 2.59 bits per heavy atom. The van der Waals surface area contributed by atoms with Crippen LogP contribution in [0.15, 0.2) is 18.2 Å². The van der Waals surface area contributed by atoms with Gasteiger partial charge in [-0.15, -0.1) is 0 Å². The van der Waals surface area contributed by atoms with Crippen molar-refractivity contribution >= 4 is 17.3 Å². The van der Waals surface area contributed by atoms with Gasteiger partial charge in [0.25, 0.3) is 0 Å². The lowest BCUT2D eigenvalue weighted by Gasteiger charge is -2.25. The molecule has 0 aliphatic carbocycles. The van der Waals surface area contributed by atoms with Crippen molar-refractivity contribution in [2.75, 3.05) is 11.4 Å².